The highest BCUT2D eigenvalue weighted by molar-refractivity contribution is 5.20. The summed E-state index contributed by atoms with van der Waals surface area (Å²) < 4.78 is 13.1. The second kappa shape index (κ2) is 9.12. The summed E-state index contributed by atoms with van der Waals surface area (Å²) in [7, 11) is 0. The summed E-state index contributed by atoms with van der Waals surface area (Å²) in [4.78, 5) is 0. The predicted octanol–water partition coefficient (Wildman–Crippen LogP) is 5.47. The third-order valence-corrected chi connectivity index (χ3v) is 4.34. The molecule has 2 unspecified atom stereocenters. The Balaban J connectivity index is 2.75. The van der Waals surface area contributed by atoms with Crippen molar-refractivity contribution in [1.29, 1.82) is 0 Å². The van der Waals surface area contributed by atoms with Crippen LogP contribution in [0.15, 0.2) is 24.3 Å². The summed E-state index contributed by atoms with van der Waals surface area (Å²) in [5.74, 6) is 0.551. The molecule has 0 bridgehead atoms. The van der Waals surface area contributed by atoms with Crippen LogP contribution in [-0.4, -0.2) is 6.04 Å². The maximum absolute atomic E-state index is 13.1. The van der Waals surface area contributed by atoms with Crippen LogP contribution in [0.2, 0.25) is 0 Å². The minimum Gasteiger partial charge on any atom is -0.307 e. The Morgan fingerprint density at radius 3 is 2.15 bits per heavy atom. The zero-order valence-electron chi connectivity index (χ0n) is 13.5. The molecule has 0 amide bonds. The van der Waals surface area contributed by atoms with Crippen LogP contribution in [0.25, 0.3) is 0 Å². The van der Waals surface area contributed by atoms with Gasteiger partial charge in [-0.2, -0.15) is 0 Å². The monoisotopic (exact) mass is 279 g/mol. The third-order valence-electron chi connectivity index (χ3n) is 4.34. The maximum atomic E-state index is 13.1. The molecule has 0 fully saturated rings. The molecule has 1 aromatic rings. The fourth-order valence-electron chi connectivity index (χ4n) is 2.90. The largest absolute Gasteiger partial charge is 0.307 e. The Hall–Kier alpha value is -0.890. The molecule has 0 saturated heterocycles. The van der Waals surface area contributed by atoms with E-state index < -0.39 is 0 Å². The van der Waals surface area contributed by atoms with Crippen LogP contribution >= 0.6 is 0 Å². The Kier molecular flexibility index (Phi) is 7.83. The van der Waals surface area contributed by atoms with Crippen molar-refractivity contribution in [3.63, 3.8) is 0 Å². The predicted molar refractivity (Wildman–Crippen MR) is 85.3 cm³/mol. The highest BCUT2D eigenvalue weighted by atomic mass is 19.1. The number of rotatable bonds is 9. The molecule has 0 aliphatic rings. The van der Waals surface area contributed by atoms with Crippen molar-refractivity contribution in [2.24, 2.45) is 5.92 Å². The summed E-state index contributed by atoms with van der Waals surface area (Å²) >= 11 is 0. The number of unbranched alkanes of at least 4 members (excludes halogenated alkanes) is 1. The van der Waals surface area contributed by atoms with Crippen LogP contribution in [0.3, 0.4) is 0 Å². The van der Waals surface area contributed by atoms with Crippen LogP contribution < -0.4 is 5.32 Å². The molecular weight excluding hydrogens is 249 g/mol. The van der Waals surface area contributed by atoms with Crippen LogP contribution in [0.4, 0.5) is 4.39 Å². The molecule has 0 aromatic heterocycles. The van der Waals surface area contributed by atoms with E-state index in [1.807, 2.05) is 12.1 Å². The van der Waals surface area contributed by atoms with Crippen molar-refractivity contribution >= 4 is 0 Å². The molecular formula is C18H30FN. The van der Waals surface area contributed by atoms with Gasteiger partial charge in [-0.3, -0.25) is 0 Å². The first-order valence-electron chi connectivity index (χ1n) is 8.13. The normalized spacial score (nSPS) is 14.5. The molecule has 20 heavy (non-hydrogen) atoms. The molecule has 1 rings (SSSR count). The van der Waals surface area contributed by atoms with Crippen LogP contribution in [0, 0.1) is 11.7 Å². The molecule has 0 radical (unpaired) electrons. The maximum Gasteiger partial charge on any atom is 0.123 e. The second-order valence-corrected chi connectivity index (χ2v) is 5.78. The van der Waals surface area contributed by atoms with Gasteiger partial charge in [0.1, 0.15) is 5.82 Å². The van der Waals surface area contributed by atoms with Gasteiger partial charge < -0.3 is 5.32 Å². The molecule has 1 N–H and O–H groups in total. The summed E-state index contributed by atoms with van der Waals surface area (Å²) in [5, 5.41) is 3.77. The van der Waals surface area contributed by atoms with E-state index in [-0.39, 0.29) is 5.82 Å². The minimum absolute atomic E-state index is 0.156. The highest BCUT2D eigenvalue weighted by Gasteiger charge is 2.18. The molecule has 0 heterocycles. The van der Waals surface area contributed by atoms with Gasteiger partial charge in [-0.25, -0.2) is 4.39 Å². The van der Waals surface area contributed by atoms with E-state index in [9.17, 15) is 4.39 Å². The summed E-state index contributed by atoms with van der Waals surface area (Å²) in [6, 6.07) is 7.81. The molecule has 2 atom stereocenters. The summed E-state index contributed by atoms with van der Waals surface area (Å²) in [6.45, 7) is 9.00. The van der Waals surface area contributed by atoms with Crippen molar-refractivity contribution in [1.82, 2.24) is 5.32 Å². The molecule has 1 nitrogen and oxygen atoms in total. The van der Waals surface area contributed by atoms with Crippen LogP contribution in [0.1, 0.15) is 71.4 Å². The highest BCUT2D eigenvalue weighted by Crippen LogP contribution is 2.23. The zero-order chi connectivity index (χ0) is 15.0. The van der Waals surface area contributed by atoms with Crippen LogP contribution in [-0.2, 0) is 0 Å². The van der Waals surface area contributed by atoms with Gasteiger partial charge in [0.15, 0.2) is 0 Å². The van der Waals surface area contributed by atoms with E-state index >= 15 is 0 Å². The number of hydrogen-bond donors (Lipinski definition) is 1. The number of halogens is 1. The lowest BCUT2D eigenvalue weighted by molar-refractivity contribution is 0.312. The lowest BCUT2D eigenvalue weighted by Crippen LogP contribution is -2.36. The summed E-state index contributed by atoms with van der Waals surface area (Å²) in [6.07, 6.45) is 5.92. The molecule has 2 heteroatoms. The topological polar surface area (TPSA) is 12.0 Å². The molecule has 0 saturated carbocycles. The molecule has 0 spiro atoms. The third kappa shape index (κ3) is 5.24. The van der Waals surface area contributed by atoms with E-state index in [2.05, 4.69) is 33.0 Å². The standard InChI is InChI=1S/C18H30FN/c1-5-8-9-18(16-10-12-17(19)13-11-16)20-14(4)15(6-2)7-3/h10-15,18,20H,5-9H2,1-4H3. The van der Waals surface area contributed by atoms with Gasteiger partial charge in [-0.05, 0) is 37.0 Å². The first-order chi connectivity index (χ1) is 9.62. The van der Waals surface area contributed by atoms with Crippen LogP contribution in [0.5, 0.6) is 0 Å². The van der Waals surface area contributed by atoms with Gasteiger partial charge in [0.2, 0.25) is 0 Å². The van der Waals surface area contributed by atoms with Crippen molar-refractivity contribution in [3.8, 4) is 0 Å². The Morgan fingerprint density at radius 1 is 1.05 bits per heavy atom. The average Bonchev–Trinajstić information content (AvgIpc) is 2.45. The van der Waals surface area contributed by atoms with Crippen molar-refractivity contribution < 1.29 is 4.39 Å². The molecule has 114 valence electrons. The number of benzene rings is 1. The molecule has 1 aromatic carbocycles. The fraction of sp³-hybridized carbons (Fsp3) is 0.667. The van der Waals surface area contributed by atoms with E-state index in [0.29, 0.717) is 18.0 Å². The lowest BCUT2D eigenvalue weighted by atomic mass is 9.93. The van der Waals surface area contributed by atoms with Crippen molar-refractivity contribution in [2.45, 2.75) is 71.9 Å². The Bertz CT molecular complexity index is 356. The lowest BCUT2D eigenvalue weighted by Gasteiger charge is -2.29. The minimum atomic E-state index is -0.156. The quantitative estimate of drug-likeness (QED) is 0.632. The molecule has 0 aliphatic heterocycles. The Labute approximate surface area is 124 Å². The zero-order valence-corrected chi connectivity index (χ0v) is 13.5. The number of nitrogens with one attached hydrogen (secondary N) is 1. The van der Waals surface area contributed by atoms with Gasteiger partial charge in [0.05, 0.1) is 0 Å². The Morgan fingerprint density at radius 2 is 1.65 bits per heavy atom. The average molecular weight is 279 g/mol. The summed E-state index contributed by atoms with van der Waals surface area (Å²) in [5.41, 5.74) is 1.21. The SMILES string of the molecule is CCCCC(NC(C)C(CC)CC)c1ccc(F)cc1. The molecule has 0 aliphatic carbocycles. The van der Waals surface area contributed by atoms with Gasteiger partial charge >= 0.3 is 0 Å². The van der Waals surface area contributed by atoms with Gasteiger partial charge in [0.25, 0.3) is 0 Å². The van der Waals surface area contributed by atoms with Crippen molar-refractivity contribution in [2.75, 3.05) is 0 Å². The smallest absolute Gasteiger partial charge is 0.123 e. The van der Waals surface area contributed by atoms with Gasteiger partial charge in [-0.15, -0.1) is 0 Å². The van der Waals surface area contributed by atoms with Crippen molar-refractivity contribution in [3.05, 3.63) is 35.6 Å². The van der Waals surface area contributed by atoms with Gasteiger partial charge in [0, 0.05) is 12.1 Å². The van der Waals surface area contributed by atoms with E-state index in [1.165, 1.54) is 31.2 Å². The van der Waals surface area contributed by atoms with E-state index in [4.69, 9.17) is 0 Å². The second-order valence-electron chi connectivity index (χ2n) is 5.78. The first kappa shape index (κ1) is 17.2. The van der Waals surface area contributed by atoms with E-state index in [1.54, 1.807) is 12.1 Å². The van der Waals surface area contributed by atoms with Gasteiger partial charge in [-0.1, -0.05) is 58.6 Å². The van der Waals surface area contributed by atoms with E-state index in [0.717, 1.165) is 6.42 Å². The number of hydrogen-bond acceptors (Lipinski definition) is 1. The first-order valence-corrected chi connectivity index (χ1v) is 8.13. The fourth-order valence-corrected chi connectivity index (χ4v) is 2.90.